The molecule has 0 radical (unpaired) electrons. The van der Waals surface area contributed by atoms with E-state index in [2.05, 4.69) is 21.9 Å². The van der Waals surface area contributed by atoms with E-state index in [1.165, 1.54) is 7.11 Å². The number of hydrogen-bond acceptors (Lipinski definition) is 3. The third-order valence-corrected chi connectivity index (χ3v) is 2.61. The second kappa shape index (κ2) is 5.06. The van der Waals surface area contributed by atoms with Crippen LogP contribution in [0.2, 0.25) is 0 Å². The van der Waals surface area contributed by atoms with E-state index in [4.69, 9.17) is 15.9 Å². The van der Waals surface area contributed by atoms with Crippen LogP contribution in [-0.4, -0.2) is 19.3 Å². The van der Waals surface area contributed by atoms with Gasteiger partial charge in [-0.3, -0.25) is 0 Å². The average molecular weight is 271 g/mol. The highest BCUT2D eigenvalue weighted by Gasteiger charge is 2.16. The number of aliphatic hydroxyl groups is 1. The maximum absolute atomic E-state index is 9.60. The zero-order valence-corrected chi connectivity index (χ0v) is 10.0. The first-order chi connectivity index (χ1) is 7.13. The predicted molar refractivity (Wildman–Crippen MR) is 61.0 cm³/mol. The molecule has 1 aromatic rings. The lowest BCUT2D eigenvalue weighted by atomic mass is 10.1. The maximum Gasteiger partial charge on any atom is 0.144 e. The minimum absolute atomic E-state index is 0.492. The van der Waals surface area contributed by atoms with Gasteiger partial charge in [0.2, 0.25) is 0 Å². The number of hydrogen-bond donors (Lipinski definition) is 1. The van der Waals surface area contributed by atoms with Gasteiger partial charge >= 0.3 is 0 Å². The Labute approximate surface area is 97.1 Å². The van der Waals surface area contributed by atoms with Gasteiger partial charge in [0.05, 0.1) is 14.2 Å². The molecule has 0 aliphatic heterocycles. The summed E-state index contributed by atoms with van der Waals surface area (Å²) >= 11 is 3.31. The van der Waals surface area contributed by atoms with Gasteiger partial charge in [-0.25, -0.2) is 0 Å². The molecule has 0 saturated heterocycles. The lowest BCUT2D eigenvalue weighted by Crippen LogP contribution is -2.00. The topological polar surface area (TPSA) is 38.7 Å². The lowest BCUT2D eigenvalue weighted by Gasteiger charge is -2.14. The van der Waals surface area contributed by atoms with E-state index in [1.54, 1.807) is 19.2 Å². The van der Waals surface area contributed by atoms with Crippen LogP contribution in [0.5, 0.6) is 11.5 Å². The van der Waals surface area contributed by atoms with Gasteiger partial charge in [0.15, 0.2) is 0 Å². The summed E-state index contributed by atoms with van der Waals surface area (Å²) < 4.78 is 10.8. The molecule has 0 heterocycles. The van der Waals surface area contributed by atoms with E-state index < -0.39 is 6.10 Å². The minimum atomic E-state index is -1.000. The van der Waals surface area contributed by atoms with Gasteiger partial charge in [0, 0.05) is 16.1 Å². The molecule has 1 atom stereocenters. The SMILES string of the molecule is C#CC(O)c1c(Br)cc(OC)cc1OC. The third kappa shape index (κ3) is 2.44. The summed E-state index contributed by atoms with van der Waals surface area (Å²) in [6, 6.07) is 3.39. The van der Waals surface area contributed by atoms with Crippen molar-refractivity contribution in [3.05, 3.63) is 22.2 Å². The number of halogens is 1. The standard InChI is InChI=1S/C11H11BrO3/c1-4-9(13)11-8(12)5-7(14-2)6-10(11)15-3/h1,5-6,9,13H,2-3H3. The molecule has 0 saturated carbocycles. The fourth-order valence-corrected chi connectivity index (χ4v) is 1.84. The van der Waals surface area contributed by atoms with E-state index >= 15 is 0 Å². The van der Waals surface area contributed by atoms with Crippen LogP contribution in [-0.2, 0) is 0 Å². The first-order valence-corrected chi connectivity index (χ1v) is 4.99. The molecule has 15 heavy (non-hydrogen) atoms. The average Bonchev–Trinajstić information content (AvgIpc) is 2.26. The molecule has 0 aromatic heterocycles. The lowest BCUT2D eigenvalue weighted by molar-refractivity contribution is 0.231. The summed E-state index contributed by atoms with van der Waals surface area (Å²) in [7, 11) is 3.06. The molecule has 0 bridgehead atoms. The van der Waals surface area contributed by atoms with E-state index in [-0.39, 0.29) is 0 Å². The molecule has 4 heteroatoms. The summed E-state index contributed by atoms with van der Waals surface area (Å²) in [5.74, 6) is 3.36. The van der Waals surface area contributed by atoms with Crippen LogP contribution in [0.3, 0.4) is 0 Å². The van der Waals surface area contributed by atoms with Crippen molar-refractivity contribution in [2.24, 2.45) is 0 Å². The van der Waals surface area contributed by atoms with Crippen molar-refractivity contribution in [2.45, 2.75) is 6.10 Å². The summed E-state index contributed by atoms with van der Waals surface area (Å²) in [5, 5.41) is 9.60. The molecule has 1 rings (SSSR count). The summed E-state index contributed by atoms with van der Waals surface area (Å²) in [5.41, 5.74) is 0.529. The van der Waals surface area contributed by atoms with Crippen LogP contribution >= 0.6 is 15.9 Å². The largest absolute Gasteiger partial charge is 0.497 e. The summed E-state index contributed by atoms with van der Waals surface area (Å²) in [6.07, 6.45) is 4.16. The molecule has 0 spiro atoms. The van der Waals surface area contributed by atoms with E-state index in [1.807, 2.05) is 0 Å². The normalized spacial score (nSPS) is 11.7. The highest BCUT2D eigenvalue weighted by atomic mass is 79.9. The van der Waals surface area contributed by atoms with Crippen LogP contribution in [0.4, 0.5) is 0 Å². The van der Waals surface area contributed by atoms with Gasteiger partial charge in [0.1, 0.15) is 17.6 Å². The highest BCUT2D eigenvalue weighted by Crippen LogP contribution is 2.36. The Hall–Kier alpha value is -1.18. The smallest absolute Gasteiger partial charge is 0.144 e. The van der Waals surface area contributed by atoms with Crippen LogP contribution in [0.15, 0.2) is 16.6 Å². The number of ether oxygens (including phenoxy) is 2. The van der Waals surface area contributed by atoms with E-state index in [0.29, 0.717) is 21.5 Å². The Morgan fingerprint density at radius 3 is 2.53 bits per heavy atom. The number of methoxy groups -OCH3 is 2. The Kier molecular flexibility index (Phi) is 4.01. The van der Waals surface area contributed by atoms with Gasteiger partial charge in [0.25, 0.3) is 0 Å². The summed E-state index contributed by atoms with van der Waals surface area (Å²) in [6.45, 7) is 0. The van der Waals surface area contributed by atoms with Crippen molar-refractivity contribution in [3.63, 3.8) is 0 Å². The zero-order chi connectivity index (χ0) is 11.4. The molecule has 0 amide bonds. The van der Waals surface area contributed by atoms with Crippen LogP contribution < -0.4 is 9.47 Å². The summed E-state index contributed by atoms with van der Waals surface area (Å²) in [4.78, 5) is 0. The van der Waals surface area contributed by atoms with Crippen molar-refractivity contribution in [2.75, 3.05) is 14.2 Å². The number of rotatable bonds is 3. The molecule has 1 aromatic carbocycles. The van der Waals surface area contributed by atoms with Gasteiger partial charge < -0.3 is 14.6 Å². The highest BCUT2D eigenvalue weighted by molar-refractivity contribution is 9.10. The van der Waals surface area contributed by atoms with Gasteiger partial charge in [-0.2, -0.15) is 0 Å². The molecule has 0 aliphatic rings. The van der Waals surface area contributed by atoms with Gasteiger partial charge in [-0.1, -0.05) is 21.9 Å². The molecule has 80 valence electrons. The third-order valence-electron chi connectivity index (χ3n) is 1.95. The molecule has 1 N–H and O–H groups in total. The molecular weight excluding hydrogens is 260 g/mol. The number of terminal acetylenes is 1. The van der Waals surface area contributed by atoms with Crippen molar-refractivity contribution in [3.8, 4) is 23.8 Å². The van der Waals surface area contributed by atoms with E-state index in [0.717, 1.165) is 0 Å². The Morgan fingerprint density at radius 2 is 2.07 bits per heavy atom. The van der Waals surface area contributed by atoms with Crippen LogP contribution in [0, 0.1) is 12.3 Å². The molecule has 0 aliphatic carbocycles. The monoisotopic (exact) mass is 270 g/mol. The number of aliphatic hydroxyl groups excluding tert-OH is 1. The maximum atomic E-state index is 9.60. The fraction of sp³-hybridized carbons (Fsp3) is 0.273. The Morgan fingerprint density at radius 1 is 1.40 bits per heavy atom. The van der Waals surface area contributed by atoms with Crippen molar-refractivity contribution in [1.82, 2.24) is 0 Å². The minimum Gasteiger partial charge on any atom is -0.497 e. The molecule has 1 unspecified atom stereocenters. The quantitative estimate of drug-likeness (QED) is 0.856. The van der Waals surface area contributed by atoms with E-state index in [9.17, 15) is 5.11 Å². The van der Waals surface area contributed by atoms with Gasteiger partial charge in [-0.05, 0) is 6.07 Å². The van der Waals surface area contributed by atoms with Gasteiger partial charge in [-0.15, -0.1) is 6.42 Å². The Bertz CT molecular complexity index is 396. The molecular formula is C11H11BrO3. The molecule has 0 fully saturated rings. The fourth-order valence-electron chi connectivity index (χ4n) is 1.20. The zero-order valence-electron chi connectivity index (χ0n) is 8.45. The first-order valence-electron chi connectivity index (χ1n) is 4.19. The van der Waals surface area contributed by atoms with Crippen LogP contribution in [0.1, 0.15) is 11.7 Å². The predicted octanol–water partition coefficient (Wildman–Crippen LogP) is 2.13. The number of benzene rings is 1. The second-order valence-electron chi connectivity index (χ2n) is 2.79. The first kappa shape index (κ1) is 11.9. The molecule has 3 nitrogen and oxygen atoms in total. The van der Waals surface area contributed by atoms with Crippen molar-refractivity contribution >= 4 is 15.9 Å². The van der Waals surface area contributed by atoms with Crippen molar-refractivity contribution in [1.29, 1.82) is 0 Å². The second-order valence-corrected chi connectivity index (χ2v) is 3.65. The Balaban J connectivity index is 3.32. The van der Waals surface area contributed by atoms with Crippen LogP contribution in [0.25, 0.3) is 0 Å². The van der Waals surface area contributed by atoms with Crippen molar-refractivity contribution < 1.29 is 14.6 Å².